The molecule has 428 valence electrons. The lowest BCUT2D eigenvalue weighted by molar-refractivity contribution is -0.302. The maximum absolute atomic E-state index is 13.0. The van der Waals surface area contributed by atoms with Gasteiger partial charge in [-0.1, -0.05) is 268 Å². The molecule has 7 atom stereocenters. The Morgan fingerprint density at radius 2 is 0.781 bits per heavy atom. The van der Waals surface area contributed by atoms with Crippen molar-refractivity contribution in [2.45, 2.75) is 339 Å². The number of carbonyl (C=O) groups is 1. The summed E-state index contributed by atoms with van der Waals surface area (Å²) in [5.41, 5.74) is 0. The summed E-state index contributed by atoms with van der Waals surface area (Å²) < 4.78 is 11.2. The lowest BCUT2D eigenvalue weighted by atomic mass is 9.99. The van der Waals surface area contributed by atoms with Gasteiger partial charge in [0.05, 0.1) is 25.4 Å². The average Bonchev–Trinajstić information content (AvgIpc) is 3.39. The molecule has 7 unspecified atom stereocenters. The molecule has 0 bridgehead atoms. The SMILES string of the molecule is CCCCC/C=C/CC/C=C/CC/C=C/C(O)C(COC1OC(CO)C(O)C(O)C1O)NC(=O)CCCCCCCCCCCCCCCCCCCCCCCCCCC/C=C\CCCCCCCCCC. The number of nitrogens with one attached hydrogen (secondary N) is 1. The van der Waals surface area contributed by atoms with Gasteiger partial charge in [0.25, 0.3) is 0 Å². The first-order valence-corrected chi connectivity index (χ1v) is 31.4. The fourth-order valence-electron chi connectivity index (χ4n) is 9.89. The molecular weight excluding hydrogens is 911 g/mol. The number of hydrogen-bond donors (Lipinski definition) is 6. The molecule has 0 aromatic carbocycles. The number of aliphatic hydroxyl groups excluding tert-OH is 5. The molecule has 1 aliphatic heterocycles. The standard InChI is InChI=1S/C64H119NO8/c1-3-5-7-9-11-13-15-17-18-19-20-21-22-23-24-25-26-27-28-29-30-31-32-33-34-35-36-37-38-39-40-42-44-46-48-50-52-54-60(68)65-57(56-72-64-63(71)62(70)61(69)59(55-66)73-64)58(67)53-51-49-47-45-43-41-16-14-12-10-8-6-4-2/h12,14,19-20,43,45,51,53,57-59,61-64,66-67,69-71H,3-11,13,15-18,21-42,44,46-50,52,54-56H2,1-2H3,(H,65,68)/b14-12+,20-19-,45-43+,53-51+. The number of amides is 1. The van der Waals surface area contributed by atoms with E-state index in [2.05, 4.69) is 55.6 Å². The number of unbranched alkanes of at least 4 members (excludes halogenated alkanes) is 38. The summed E-state index contributed by atoms with van der Waals surface area (Å²) >= 11 is 0. The zero-order chi connectivity index (χ0) is 52.9. The Bertz CT molecular complexity index is 1290. The van der Waals surface area contributed by atoms with Crippen molar-refractivity contribution in [2.75, 3.05) is 13.2 Å². The fraction of sp³-hybridized carbons (Fsp3) is 0.859. The van der Waals surface area contributed by atoms with Crippen LogP contribution in [0.15, 0.2) is 48.6 Å². The van der Waals surface area contributed by atoms with E-state index in [-0.39, 0.29) is 12.5 Å². The topological polar surface area (TPSA) is 149 Å². The smallest absolute Gasteiger partial charge is 0.220 e. The molecule has 73 heavy (non-hydrogen) atoms. The van der Waals surface area contributed by atoms with Crippen molar-refractivity contribution in [3.8, 4) is 0 Å². The quantitative estimate of drug-likeness (QED) is 0.0261. The number of rotatable bonds is 54. The maximum atomic E-state index is 13.0. The Morgan fingerprint density at radius 3 is 1.18 bits per heavy atom. The highest BCUT2D eigenvalue weighted by molar-refractivity contribution is 5.76. The van der Waals surface area contributed by atoms with Crippen molar-refractivity contribution in [2.24, 2.45) is 0 Å². The third-order valence-electron chi connectivity index (χ3n) is 14.9. The van der Waals surface area contributed by atoms with Crippen LogP contribution in [0.2, 0.25) is 0 Å². The van der Waals surface area contributed by atoms with Gasteiger partial charge in [-0.25, -0.2) is 0 Å². The largest absolute Gasteiger partial charge is 0.394 e. The molecular formula is C64H119NO8. The molecule has 6 N–H and O–H groups in total. The second kappa shape index (κ2) is 53.5. The Morgan fingerprint density at radius 1 is 0.452 bits per heavy atom. The minimum absolute atomic E-state index is 0.188. The maximum Gasteiger partial charge on any atom is 0.220 e. The Balaban J connectivity index is 2.05. The summed E-state index contributed by atoms with van der Waals surface area (Å²) in [6, 6.07) is -0.826. The third-order valence-corrected chi connectivity index (χ3v) is 14.9. The first-order chi connectivity index (χ1) is 35.8. The highest BCUT2D eigenvalue weighted by Gasteiger charge is 2.44. The summed E-state index contributed by atoms with van der Waals surface area (Å²) in [4.78, 5) is 13.0. The van der Waals surface area contributed by atoms with Crippen molar-refractivity contribution >= 4 is 5.91 Å². The van der Waals surface area contributed by atoms with E-state index in [1.54, 1.807) is 6.08 Å². The summed E-state index contributed by atoms with van der Waals surface area (Å²) in [6.45, 7) is 3.74. The van der Waals surface area contributed by atoms with Crippen LogP contribution in [0.4, 0.5) is 0 Å². The van der Waals surface area contributed by atoms with Crippen molar-refractivity contribution in [1.29, 1.82) is 0 Å². The second-order valence-electron chi connectivity index (χ2n) is 21.8. The summed E-state index contributed by atoms with van der Waals surface area (Å²) in [6.07, 6.45) is 65.1. The van der Waals surface area contributed by atoms with E-state index in [1.165, 1.54) is 225 Å². The van der Waals surface area contributed by atoms with Crippen LogP contribution in [0.1, 0.15) is 296 Å². The Labute approximate surface area is 450 Å². The monoisotopic (exact) mass is 1030 g/mol. The first kappa shape index (κ1) is 69.2. The van der Waals surface area contributed by atoms with Gasteiger partial charge in [-0.15, -0.1) is 0 Å². The van der Waals surface area contributed by atoms with Gasteiger partial charge >= 0.3 is 0 Å². The molecule has 9 heteroatoms. The molecule has 0 saturated carbocycles. The molecule has 1 heterocycles. The van der Waals surface area contributed by atoms with Crippen LogP contribution < -0.4 is 5.32 Å². The molecule has 9 nitrogen and oxygen atoms in total. The summed E-state index contributed by atoms with van der Waals surface area (Å²) in [5.74, 6) is -0.188. The summed E-state index contributed by atoms with van der Waals surface area (Å²) in [5, 5.41) is 54.4. The molecule has 1 amide bonds. The zero-order valence-electron chi connectivity index (χ0n) is 47.6. The molecule has 0 radical (unpaired) electrons. The minimum Gasteiger partial charge on any atom is -0.394 e. The van der Waals surface area contributed by atoms with Gasteiger partial charge in [0.2, 0.25) is 5.91 Å². The van der Waals surface area contributed by atoms with Crippen LogP contribution in [0, 0.1) is 0 Å². The van der Waals surface area contributed by atoms with Crippen LogP contribution in [0.5, 0.6) is 0 Å². The van der Waals surface area contributed by atoms with Crippen LogP contribution in [-0.4, -0.2) is 87.5 Å². The normalized spacial score (nSPS) is 19.4. The zero-order valence-corrected chi connectivity index (χ0v) is 47.6. The third kappa shape index (κ3) is 42.9. The van der Waals surface area contributed by atoms with E-state index in [0.717, 1.165) is 51.4 Å². The van der Waals surface area contributed by atoms with Gasteiger partial charge in [-0.3, -0.25) is 4.79 Å². The molecule has 1 rings (SSSR count). The van der Waals surface area contributed by atoms with Crippen molar-refractivity contribution in [1.82, 2.24) is 5.32 Å². The molecule has 1 aliphatic rings. The predicted octanol–water partition coefficient (Wildman–Crippen LogP) is 16.1. The minimum atomic E-state index is -1.57. The van der Waals surface area contributed by atoms with Crippen LogP contribution in [-0.2, 0) is 14.3 Å². The van der Waals surface area contributed by atoms with Crippen LogP contribution in [0.25, 0.3) is 0 Å². The van der Waals surface area contributed by atoms with Gasteiger partial charge in [0.15, 0.2) is 6.29 Å². The number of allylic oxidation sites excluding steroid dienone is 7. The van der Waals surface area contributed by atoms with Crippen molar-refractivity contribution < 1.29 is 39.8 Å². The lowest BCUT2D eigenvalue weighted by Crippen LogP contribution is -2.60. The van der Waals surface area contributed by atoms with Gasteiger partial charge in [-0.05, 0) is 70.6 Å². The Hall–Kier alpha value is -1.85. The molecule has 0 aromatic heterocycles. The van der Waals surface area contributed by atoms with Crippen molar-refractivity contribution in [3.05, 3.63) is 48.6 Å². The number of carbonyl (C=O) groups excluding carboxylic acids is 1. The fourth-order valence-corrected chi connectivity index (χ4v) is 9.89. The average molecular weight is 1030 g/mol. The molecule has 1 fully saturated rings. The first-order valence-electron chi connectivity index (χ1n) is 31.4. The molecule has 1 saturated heterocycles. The van der Waals surface area contributed by atoms with Crippen LogP contribution >= 0.6 is 0 Å². The van der Waals surface area contributed by atoms with E-state index < -0.39 is 49.5 Å². The van der Waals surface area contributed by atoms with E-state index >= 15 is 0 Å². The van der Waals surface area contributed by atoms with Crippen LogP contribution in [0.3, 0.4) is 0 Å². The highest BCUT2D eigenvalue weighted by atomic mass is 16.7. The number of hydrogen-bond acceptors (Lipinski definition) is 8. The van der Waals surface area contributed by atoms with Gasteiger partial charge in [0, 0.05) is 6.42 Å². The van der Waals surface area contributed by atoms with E-state index in [4.69, 9.17) is 9.47 Å². The highest BCUT2D eigenvalue weighted by Crippen LogP contribution is 2.23. The second-order valence-corrected chi connectivity index (χ2v) is 21.8. The number of aliphatic hydroxyl groups is 5. The number of ether oxygens (including phenoxy) is 2. The van der Waals surface area contributed by atoms with E-state index in [1.807, 2.05) is 6.08 Å². The summed E-state index contributed by atoms with van der Waals surface area (Å²) in [7, 11) is 0. The molecule has 0 spiro atoms. The lowest BCUT2D eigenvalue weighted by Gasteiger charge is -2.40. The van der Waals surface area contributed by atoms with E-state index in [0.29, 0.717) is 6.42 Å². The van der Waals surface area contributed by atoms with Gasteiger partial charge in [0.1, 0.15) is 24.4 Å². The Kier molecular flexibility index (Phi) is 50.7. The molecule has 0 aromatic rings. The van der Waals surface area contributed by atoms with E-state index in [9.17, 15) is 30.3 Å². The molecule has 0 aliphatic carbocycles. The predicted molar refractivity (Wildman–Crippen MR) is 309 cm³/mol. The van der Waals surface area contributed by atoms with Gasteiger partial charge < -0.3 is 40.3 Å². The van der Waals surface area contributed by atoms with Crippen molar-refractivity contribution in [3.63, 3.8) is 0 Å². The van der Waals surface area contributed by atoms with Gasteiger partial charge in [-0.2, -0.15) is 0 Å².